The molecule has 0 fully saturated rings. The first-order valence-electron chi connectivity index (χ1n) is 9.39. The number of hydrogen-bond acceptors (Lipinski definition) is 8. The van der Waals surface area contributed by atoms with Crippen LogP contribution in [0.1, 0.15) is 0 Å². The second-order valence-corrected chi connectivity index (χ2v) is 11.2. The van der Waals surface area contributed by atoms with E-state index < -0.39 is 7.14 Å². The molecule has 4 aromatic rings. The van der Waals surface area contributed by atoms with Gasteiger partial charge in [-0.05, 0) is 36.9 Å². The Labute approximate surface area is 178 Å². The molecule has 8 nitrogen and oxygen atoms in total. The summed E-state index contributed by atoms with van der Waals surface area (Å²) in [6.07, 6.45) is 3.61. The lowest BCUT2D eigenvalue weighted by Crippen LogP contribution is -2.10. The maximum Gasteiger partial charge on any atom is 0.229 e. The largest absolute Gasteiger partial charge is 0.383 e. The van der Waals surface area contributed by atoms with Gasteiger partial charge in [0, 0.05) is 18.6 Å². The van der Waals surface area contributed by atoms with Crippen LogP contribution in [0, 0.1) is 0 Å². The molecular formula is C20H23N6O2PS. The lowest BCUT2D eigenvalue weighted by atomic mass is 10.3. The summed E-state index contributed by atoms with van der Waals surface area (Å²) in [7, 11) is -0.789. The van der Waals surface area contributed by atoms with Crippen LogP contribution in [-0.4, -0.2) is 46.8 Å². The number of ether oxygens (including phenoxy) is 1. The van der Waals surface area contributed by atoms with Crippen molar-refractivity contribution in [1.82, 2.24) is 19.7 Å². The van der Waals surface area contributed by atoms with Crippen LogP contribution in [0.3, 0.4) is 0 Å². The Bertz CT molecular complexity index is 1210. The van der Waals surface area contributed by atoms with E-state index in [-0.39, 0.29) is 0 Å². The average molecular weight is 442 g/mol. The molecule has 0 bridgehead atoms. The van der Waals surface area contributed by atoms with Crippen molar-refractivity contribution in [3.63, 3.8) is 0 Å². The van der Waals surface area contributed by atoms with Gasteiger partial charge in [-0.15, -0.1) is 11.3 Å². The van der Waals surface area contributed by atoms with Crippen LogP contribution < -0.4 is 15.9 Å². The zero-order chi connectivity index (χ0) is 21.1. The second-order valence-electron chi connectivity index (χ2n) is 7.13. The molecular weight excluding hydrogens is 419 g/mol. The van der Waals surface area contributed by atoms with Crippen molar-refractivity contribution in [2.75, 3.05) is 37.7 Å². The minimum atomic E-state index is -2.45. The second kappa shape index (κ2) is 8.55. The molecule has 4 rings (SSSR count). The summed E-state index contributed by atoms with van der Waals surface area (Å²) >= 11 is 1.56. The van der Waals surface area contributed by atoms with E-state index >= 15 is 0 Å². The monoisotopic (exact) mass is 442 g/mol. The smallest absolute Gasteiger partial charge is 0.229 e. The van der Waals surface area contributed by atoms with E-state index in [1.807, 2.05) is 41.9 Å². The van der Waals surface area contributed by atoms with E-state index in [9.17, 15) is 4.57 Å². The van der Waals surface area contributed by atoms with Gasteiger partial charge in [-0.1, -0.05) is 12.1 Å². The number of fused-ring (bicyclic) bond motifs is 1. The predicted octanol–water partition coefficient (Wildman–Crippen LogP) is 4.27. The molecule has 1 aromatic carbocycles. The van der Waals surface area contributed by atoms with E-state index in [1.54, 1.807) is 42.7 Å². The fraction of sp³-hybridized carbons (Fsp3) is 0.250. The van der Waals surface area contributed by atoms with Crippen LogP contribution in [0.25, 0.3) is 10.2 Å². The molecule has 10 heteroatoms. The van der Waals surface area contributed by atoms with Crippen LogP contribution in [0.15, 0.2) is 48.1 Å². The van der Waals surface area contributed by atoms with Crippen molar-refractivity contribution >= 4 is 57.1 Å². The van der Waals surface area contributed by atoms with Gasteiger partial charge in [0.1, 0.15) is 7.14 Å². The normalized spacial score (nSPS) is 11.7. The lowest BCUT2D eigenvalue weighted by Gasteiger charge is -2.15. The average Bonchev–Trinajstić information content (AvgIpc) is 3.35. The molecule has 156 valence electrons. The fourth-order valence-corrected chi connectivity index (χ4v) is 4.98. The number of aromatic nitrogens is 4. The van der Waals surface area contributed by atoms with Crippen molar-refractivity contribution in [2.24, 2.45) is 0 Å². The van der Waals surface area contributed by atoms with E-state index in [4.69, 9.17) is 4.74 Å². The molecule has 30 heavy (non-hydrogen) atoms. The summed E-state index contributed by atoms with van der Waals surface area (Å²) in [4.78, 5) is 9.29. The van der Waals surface area contributed by atoms with Gasteiger partial charge in [-0.25, -0.2) is 4.98 Å². The number of hydrogen-bond donors (Lipinski definition) is 2. The predicted molar refractivity (Wildman–Crippen MR) is 124 cm³/mol. The molecule has 3 heterocycles. The van der Waals surface area contributed by atoms with Gasteiger partial charge >= 0.3 is 0 Å². The Morgan fingerprint density at radius 2 is 2.00 bits per heavy atom. The zero-order valence-electron chi connectivity index (χ0n) is 17.0. The molecule has 0 aliphatic carbocycles. The van der Waals surface area contributed by atoms with Crippen LogP contribution in [0.5, 0.6) is 0 Å². The number of nitrogens with zero attached hydrogens (tertiary/aromatic N) is 4. The number of nitrogens with one attached hydrogen (secondary N) is 2. The number of anilines is 4. The molecule has 0 spiro atoms. The number of thiophene rings is 1. The summed E-state index contributed by atoms with van der Waals surface area (Å²) in [6.45, 7) is 4.79. The number of para-hydroxylation sites is 1. The van der Waals surface area contributed by atoms with Crippen molar-refractivity contribution < 1.29 is 9.30 Å². The molecule has 0 aliphatic rings. The molecule has 0 saturated carbocycles. The number of rotatable bonds is 8. The molecule has 0 aliphatic heterocycles. The highest BCUT2D eigenvalue weighted by Gasteiger charge is 2.17. The lowest BCUT2D eigenvalue weighted by molar-refractivity contribution is 0.183. The molecule has 0 amide bonds. The third-order valence-electron chi connectivity index (χ3n) is 4.45. The molecule has 0 unspecified atom stereocenters. The Kier molecular flexibility index (Phi) is 5.85. The van der Waals surface area contributed by atoms with Gasteiger partial charge in [0.15, 0.2) is 5.82 Å². The van der Waals surface area contributed by atoms with Gasteiger partial charge in [-0.3, -0.25) is 4.68 Å². The van der Waals surface area contributed by atoms with Crippen molar-refractivity contribution in [3.8, 4) is 0 Å². The first-order valence-corrected chi connectivity index (χ1v) is 12.9. The van der Waals surface area contributed by atoms with E-state index in [0.717, 1.165) is 26.9 Å². The molecule has 0 radical (unpaired) electrons. The van der Waals surface area contributed by atoms with Crippen molar-refractivity contribution in [2.45, 2.75) is 6.54 Å². The van der Waals surface area contributed by atoms with Crippen LogP contribution in [0.2, 0.25) is 0 Å². The molecule has 2 N–H and O–H groups in total. The standard InChI is InChI=1S/C20H23N6O2PS/c1-28-10-9-26-13-14(12-21-26)22-20-24-16-8-11-30-18(16)19(25-20)23-15-6-4-5-7-17(15)29(2,3)27/h4-8,11-13H,9-10H2,1-3H3,(H2,22,23,24,25). The fourth-order valence-electron chi connectivity index (χ4n) is 3.04. The number of methoxy groups -OCH3 is 1. The molecule has 0 atom stereocenters. The highest BCUT2D eigenvalue weighted by Crippen LogP contribution is 2.39. The first kappa shape index (κ1) is 20.5. The van der Waals surface area contributed by atoms with Gasteiger partial charge in [0.05, 0.1) is 40.9 Å². The minimum absolute atomic E-state index is 0.461. The Balaban J connectivity index is 1.66. The van der Waals surface area contributed by atoms with E-state index in [0.29, 0.717) is 24.9 Å². The SMILES string of the molecule is COCCn1cc(Nc2nc(Nc3ccccc3P(C)(C)=O)c3sccc3n2)cn1. The highest BCUT2D eigenvalue weighted by molar-refractivity contribution is 7.70. The highest BCUT2D eigenvalue weighted by atomic mass is 32.1. The topological polar surface area (TPSA) is 94.0 Å². The molecule has 0 saturated heterocycles. The summed E-state index contributed by atoms with van der Waals surface area (Å²) in [5.74, 6) is 1.13. The third-order valence-corrected chi connectivity index (χ3v) is 6.92. The Morgan fingerprint density at radius 3 is 2.80 bits per heavy atom. The first-order chi connectivity index (χ1) is 14.4. The quantitative estimate of drug-likeness (QED) is 0.394. The maximum absolute atomic E-state index is 12.7. The summed E-state index contributed by atoms with van der Waals surface area (Å²) in [5.41, 5.74) is 2.41. The zero-order valence-corrected chi connectivity index (χ0v) is 18.7. The van der Waals surface area contributed by atoms with Gasteiger partial charge in [-0.2, -0.15) is 10.1 Å². The summed E-state index contributed by atoms with van der Waals surface area (Å²) in [5, 5.41) is 13.7. The Hall–Kier alpha value is -2.74. The maximum atomic E-state index is 12.7. The minimum Gasteiger partial charge on any atom is -0.383 e. The van der Waals surface area contributed by atoms with Gasteiger partial charge < -0.3 is 19.9 Å². The summed E-state index contributed by atoms with van der Waals surface area (Å²) < 4.78 is 20.5. The van der Waals surface area contributed by atoms with Crippen LogP contribution >= 0.6 is 18.5 Å². The van der Waals surface area contributed by atoms with Gasteiger partial charge in [0.2, 0.25) is 5.95 Å². The van der Waals surface area contributed by atoms with E-state index in [1.165, 1.54) is 0 Å². The summed E-state index contributed by atoms with van der Waals surface area (Å²) in [6, 6.07) is 9.58. The Morgan fingerprint density at radius 1 is 1.17 bits per heavy atom. The third kappa shape index (κ3) is 4.53. The van der Waals surface area contributed by atoms with Crippen LogP contribution in [0.4, 0.5) is 23.1 Å². The number of benzene rings is 1. The van der Waals surface area contributed by atoms with E-state index in [2.05, 4.69) is 25.7 Å². The van der Waals surface area contributed by atoms with Crippen molar-refractivity contribution in [1.29, 1.82) is 0 Å². The van der Waals surface area contributed by atoms with Crippen molar-refractivity contribution in [3.05, 3.63) is 48.1 Å². The molecule has 3 aromatic heterocycles. The van der Waals surface area contributed by atoms with Crippen LogP contribution in [-0.2, 0) is 15.8 Å². The van der Waals surface area contributed by atoms with Gasteiger partial charge in [0.25, 0.3) is 0 Å².